The van der Waals surface area contributed by atoms with Crippen LogP contribution >= 0.6 is 0 Å². The summed E-state index contributed by atoms with van der Waals surface area (Å²) in [5.74, 6) is 0.737. The highest BCUT2D eigenvalue weighted by atomic mass is 16.5. The van der Waals surface area contributed by atoms with Gasteiger partial charge in [0.2, 0.25) is 0 Å². The van der Waals surface area contributed by atoms with Crippen molar-refractivity contribution in [3.8, 4) is 11.8 Å². The highest BCUT2D eigenvalue weighted by molar-refractivity contribution is 5.80. The minimum Gasteiger partial charge on any atom is -0.494 e. The first-order valence-corrected chi connectivity index (χ1v) is 5.89. The summed E-state index contributed by atoms with van der Waals surface area (Å²) in [6.45, 7) is 3.07. The molecule has 0 radical (unpaired) electrons. The van der Waals surface area contributed by atoms with Gasteiger partial charge < -0.3 is 9.30 Å². The van der Waals surface area contributed by atoms with E-state index in [1.165, 1.54) is 6.07 Å². The molecule has 0 bridgehead atoms. The Morgan fingerprint density at radius 2 is 2.22 bits per heavy atom. The lowest BCUT2D eigenvalue weighted by Crippen LogP contribution is -2.08. The second-order valence-electron chi connectivity index (χ2n) is 3.89. The molecule has 0 N–H and O–H groups in total. The van der Waals surface area contributed by atoms with Crippen molar-refractivity contribution < 1.29 is 4.74 Å². The van der Waals surface area contributed by atoms with E-state index in [1.54, 1.807) is 18.3 Å². The van der Waals surface area contributed by atoms with E-state index >= 15 is 0 Å². The van der Waals surface area contributed by atoms with Gasteiger partial charge in [-0.1, -0.05) is 0 Å². The monoisotopic (exact) mass is 242 g/mol. The van der Waals surface area contributed by atoms with Gasteiger partial charge in [0.1, 0.15) is 5.75 Å². The van der Waals surface area contributed by atoms with Gasteiger partial charge >= 0.3 is 0 Å². The fraction of sp³-hybridized carbons (Fsp3) is 0.286. The molecule has 0 unspecified atom stereocenters. The minimum absolute atomic E-state index is 0.0127. The van der Waals surface area contributed by atoms with E-state index in [0.717, 1.165) is 11.3 Å². The average Bonchev–Trinajstić information content (AvgIpc) is 2.38. The highest BCUT2D eigenvalue weighted by Gasteiger charge is 2.04. The third kappa shape index (κ3) is 2.35. The first-order chi connectivity index (χ1) is 8.76. The first-order valence-electron chi connectivity index (χ1n) is 5.89. The number of aryl methyl sites for hydroxylation is 1. The molecule has 0 saturated carbocycles. The molecule has 0 fully saturated rings. The third-order valence-corrected chi connectivity index (χ3v) is 2.73. The molecule has 4 nitrogen and oxygen atoms in total. The number of rotatable bonds is 4. The number of nitriles is 1. The van der Waals surface area contributed by atoms with E-state index in [9.17, 15) is 4.79 Å². The number of benzene rings is 1. The third-order valence-electron chi connectivity index (χ3n) is 2.73. The zero-order chi connectivity index (χ0) is 13.0. The van der Waals surface area contributed by atoms with Crippen LogP contribution in [0.15, 0.2) is 35.3 Å². The maximum absolute atomic E-state index is 11.8. The van der Waals surface area contributed by atoms with Crippen molar-refractivity contribution in [3.63, 3.8) is 0 Å². The van der Waals surface area contributed by atoms with Crippen molar-refractivity contribution in [2.45, 2.75) is 19.9 Å². The van der Waals surface area contributed by atoms with E-state index in [-0.39, 0.29) is 5.43 Å². The van der Waals surface area contributed by atoms with Gasteiger partial charge in [-0.15, -0.1) is 0 Å². The predicted molar refractivity (Wildman–Crippen MR) is 69.6 cm³/mol. The molecule has 2 aromatic rings. The topological polar surface area (TPSA) is 55.0 Å². The Morgan fingerprint density at radius 3 is 2.94 bits per heavy atom. The second-order valence-corrected chi connectivity index (χ2v) is 3.89. The van der Waals surface area contributed by atoms with Gasteiger partial charge in [-0.2, -0.15) is 5.26 Å². The quantitative estimate of drug-likeness (QED) is 0.826. The molecule has 0 atom stereocenters. The van der Waals surface area contributed by atoms with Gasteiger partial charge in [0.15, 0.2) is 5.43 Å². The lowest BCUT2D eigenvalue weighted by Gasteiger charge is -2.10. The van der Waals surface area contributed by atoms with E-state index in [1.807, 2.05) is 17.6 Å². The van der Waals surface area contributed by atoms with Crippen LogP contribution in [0.3, 0.4) is 0 Å². The summed E-state index contributed by atoms with van der Waals surface area (Å²) in [7, 11) is 0. The number of nitrogens with zero attached hydrogens (tertiary/aromatic N) is 2. The van der Waals surface area contributed by atoms with Crippen LogP contribution in [0.2, 0.25) is 0 Å². The molecule has 0 aliphatic rings. The van der Waals surface area contributed by atoms with Crippen molar-refractivity contribution >= 4 is 10.9 Å². The van der Waals surface area contributed by atoms with Crippen LogP contribution in [0, 0.1) is 11.3 Å². The number of hydrogen-bond acceptors (Lipinski definition) is 3. The van der Waals surface area contributed by atoms with Crippen LogP contribution in [-0.2, 0) is 6.54 Å². The summed E-state index contributed by atoms with van der Waals surface area (Å²) >= 11 is 0. The second kappa shape index (κ2) is 5.37. The van der Waals surface area contributed by atoms with Gasteiger partial charge in [-0.25, -0.2) is 0 Å². The van der Waals surface area contributed by atoms with Crippen molar-refractivity contribution in [2.75, 3.05) is 6.61 Å². The van der Waals surface area contributed by atoms with Gasteiger partial charge in [-0.3, -0.25) is 4.79 Å². The van der Waals surface area contributed by atoms with Gasteiger partial charge in [0.25, 0.3) is 0 Å². The lowest BCUT2D eigenvalue weighted by molar-refractivity contribution is 0.340. The summed E-state index contributed by atoms with van der Waals surface area (Å²) in [5, 5.41) is 9.30. The number of aromatic nitrogens is 1. The van der Waals surface area contributed by atoms with Gasteiger partial charge in [0, 0.05) is 30.3 Å². The highest BCUT2D eigenvalue weighted by Crippen LogP contribution is 2.18. The van der Waals surface area contributed by atoms with Crippen LogP contribution in [0.25, 0.3) is 10.9 Å². The number of ether oxygens (including phenoxy) is 1. The molecule has 1 aromatic heterocycles. The standard InChI is InChI=1S/C14H14N2O2/c1-2-18-11-4-5-12-13(10-11)16(8-3-7-15)9-6-14(12)17/h4-6,9-10H,2-3,8H2,1H3. The number of pyridine rings is 1. The first kappa shape index (κ1) is 12.2. The van der Waals surface area contributed by atoms with Crippen LogP contribution < -0.4 is 10.2 Å². The zero-order valence-electron chi connectivity index (χ0n) is 10.2. The average molecular weight is 242 g/mol. The number of hydrogen-bond donors (Lipinski definition) is 0. The SMILES string of the molecule is CCOc1ccc2c(=O)ccn(CCC#N)c2c1. The van der Waals surface area contributed by atoms with Crippen LogP contribution in [-0.4, -0.2) is 11.2 Å². The Bertz CT molecular complexity index is 653. The van der Waals surface area contributed by atoms with Crippen molar-refractivity contribution in [1.29, 1.82) is 5.26 Å². The molecule has 0 aliphatic heterocycles. The summed E-state index contributed by atoms with van der Waals surface area (Å²) in [5.41, 5.74) is 0.796. The van der Waals surface area contributed by atoms with E-state index in [4.69, 9.17) is 10.00 Å². The molecule has 0 aliphatic carbocycles. The molecule has 0 amide bonds. The van der Waals surface area contributed by atoms with Crippen molar-refractivity contribution in [1.82, 2.24) is 4.57 Å². The van der Waals surface area contributed by atoms with Crippen LogP contribution in [0.4, 0.5) is 0 Å². The van der Waals surface area contributed by atoms with Crippen molar-refractivity contribution in [3.05, 3.63) is 40.7 Å². The summed E-state index contributed by atoms with van der Waals surface area (Å²) < 4.78 is 7.34. The summed E-state index contributed by atoms with van der Waals surface area (Å²) in [4.78, 5) is 11.8. The molecule has 0 saturated heterocycles. The molecule has 0 spiro atoms. The molecule has 1 heterocycles. The number of fused-ring (bicyclic) bond motifs is 1. The van der Waals surface area contributed by atoms with E-state index in [2.05, 4.69) is 6.07 Å². The fourth-order valence-corrected chi connectivity index (χ4v) is 1.91. The maximum Gasteiger partial charge on any atom is 0.189 e. The Hall–Kier alpha value is -2.28. The van der Waals surface area contributed by atoms with Crippen LogP contribution in [0.1, 0.15) is 13.3 Å². The van der Waals surface area contributed by atoms with Gasteiger partial charge in [0.05, 0.1) is 24.6 Å². The smallest absolute Gasteiger partial charge is 0.189 e. The molecule has 92 valence electrons. The Balaban J connectivity index is 2.57. The molecular weight excluding hydrogens is 228 g/mol. The Morgan fingerprint density at radius 1 is 1.39 bits per heavy atom. The summed E-state index contributed by atoms with van der Waals surface area (Å²) in [6, 6.07) is 9.04. The summed E-state index contributed by atoms with van der Waals surface area (Å²) in [6.07, 6.45) is 2.13. The lowest BCUT2D eigenvalue weighted by atomic mass is 10.2. The molecule has 2 rings (SSSR count). The van der Waals surface area contributed by atoms with E-state index < -0.39 is 0 Å². The largest absolute Gasteiger partial charge is 0.494 e. The molecule has 18 heavy (non-hydrogen) atoms. The Kier molecular flexibility index (Phi) is 3.63. The Labute approximate surface area is 105 Å². The predicted octanol–water partition coefficient (Wildman–Crippen LogP) is 2.31. The maximum atomic E-state index is 11.8. The fourth-order valence-electron chi connectivity index (χ4n) is 1.91. The van der Waals surface area contributed by atoms with Gasteiger partial charge in [-0.05, 0) is 19.1 Å². The normalized spacial score (nSPS) is 10.2. The molecule has 4 heteroatoms. The van der Waals surface area contributed by atoms with Crippen molar-refractivity contribution in [2.24, 2.45) is 0 Å². The van der Waals surface area contributed by atoms with Crippen LogP contribution in [0.5, 0.6) is 5.75 Å². The molecular formula is C14H14N2O2. The van der Waals surface area contributed by atoms with E-state index in [0.29, 0.717) is 25.0 Å². The minimum atomic E-state index is -0.0127. The zero-order valence-corrected chi connectivity index (χ0v) is 10.2. The molecule has 1 aromatic carbocycles.